The van der Waals surface area contributed by atoms with Crippen LogP contribution in [-0.2, 0) is 4.79 Å². The topological polar surface area (TPSA) is 60.8 Å². The van der Waals surface area contributed by atoms with Crippen molar-refractivity contribution < 1.29 is 15.0 Å². The van der Waals surface area contributed by atoms with E-state index in [1.54, 1.807) is 6.92 Å². The fraction of sp³-hybridized carbons (Fsp3) is 0.700. The fourth-order valence-corrected chi connectivity index (χ4v) is 1.78. The van der Waals surface area contributed by atoms with Crippen molar-refractivity contribution in [2.24, 2.45) is 0 Å². The summed E-state index contributed by atoms with van der Waals surface area (Å²) in [6, 6.07) is 0. The Labute approximate surface area is 83.8 Å². The van der Waals surface area contributed by atoms with Gasteiger partial charge in [-0.1, -0.05) is 5.57 Å². The third-order valence-electron chi connectivity index (χ3n) is 2.37. The van der Waals surface area contributed by atoms with Crippen LogP contribution in [-0.4, -0.2) is 46.3 Å². The van der Waals surface area contributed by atoms with Gasteiger partial charge in [-0.05, 0) is 20.3 Å². The number of carboxylic acid groups (broad SMARTS) is 1. The number of aliphatic carboxylic acids is 1. The van der Waals surface area contributed by atoms with Crippen LogP contribution in [0, 0.1) is 0 Å². The minimum Gasteiger partial charge on any atom is -0.478 e. The molecule has 4 heteroatoms. The Morgan fingerprint density at radius 3 is 2.71 bits per heavy atom. The minimum absolute atomic E-state index is 0.608. The molecule has 0 aromatic rings. The standard InChI is InChI=1S/C10H17NO3/c1-8(5-9(12)13)6-11-4-3-10(2,14)7-11/h5,14H,3-4,6-7H2,1-2H3,(H,12,13)/b8-5+. The van der Waals surface area contributed by atoms with Crippen molar-refractivity contribution in [3.8, 4) is 0 Å². The minimum atomic E-state index is -0.909. The number of hydrogen-bond donors (Lipinski definition) is 2. The van der Waals surface area contributed by atoms with Crippen LogP contribution in [0.2, 0.25) is 0 Å². The third-order valence-corrected chi connectivity index (χ3v) is 2.37. The molecular weight excluding hydrogens is 182 g/mol. The molecule has 0 aromatic heterocycles. The highest BCUT2D eigenvalue weighted by atomic mass is 16.4. The summed E-state index contributed by atoms with van der Waals surface area (Å²) in [4.78, 5) is 12.4. The first-order chi connectivity index (χ1) is 6.39. The molecule has 1 fully saturated rings. The van der Waals surface area contributed by atoms with Gasteiger partial charge in [0, 0.05) is 25.7 Å². The average Bonchev–Trinajstić information content (AvgIpc) is 2.27. The van der Waals surface area contributed by atoms with Gasteiger partial charge in [0.05, 0.1) is 5.60 Å². The maximum Gasteiger partial charge on any atom is 0.328 e. The van der Waals surface area contributed by atoms with E-state index in [2.05, 4.69) is 4.90 Å². The summed E-state index contributed by atoms with van der Waals surface area (Å²) in [6.45, 7) is 5.68. The summed E-state index contributed by atoms with van der Waals surface area (Å²) in [7, 11) is 0. The van der Waals surface area contributed by atoms with Gasteiger partial charge >= 0.3 is 5.97 Å². The molecule has 1 saturated heterocycles. The Morgan fingerprint density at radius 2 is 2.29 bits per heavy atom. The molecule has 1 aliphatic rings. The summed E-state index contributed by atoms with van der Waals surface area (Å²) < 4.78 is 0. The van der Waals surface area contributed by atoms with Crippen molar-refractivity contribution >= 4 is 5.97 Å². The monoisotopic (exact) mass is 199 g/mol. The van der Waals surface area contributed by atoms with E-state index in [-0.39, 0.29) is 0 Å². The molecule has 1 rings (SSSR count). The number of β-amino-alcohol motifs (C(OH)–C–C–N with tert-alkyl or cyclic N) is 1. The lowest BCUT2D eigenvalue weighted by atomic mass is 10.1. The summed E-state index contributed by atoms with van der Waals surface area (Å²) >= 11 is 0. The molecule has 1 heterocycles. The van der Waals surface area contributed by atoms with Crippen molar-refractivity contribution in [3.63, 3.8) is 0 Å². The van der Waals surface area contributed by atoms with Crippen molar-refractivity contribution in [1.29, 1.82) is 0 Å². The second-order valence-corrected chi connectivity index (χ2v) is 4.29. The highest BCUT2D eigenvalue weighted by molar-refractivity contribution is 5.80. The smallest absolute Gasteiger partial charge is 0.328 e. The van der Waals surface area contributed by atoms with Gasteiger partial charge in [-0.15, -0.1) is 0 Å². The first-order valence-electron chi connectivity index (χ1n) is 4.74. The highest BCUT2D eigenvalue weighted by Gasteiger charge is 2.30. The first-order valence-corrected chi connectivity index (χ1v) is 4.74. The van der Waals surface area contributed by atoms with Gasteiger partial charge in [-0.25, -0.2) is 4.79 Å². The Kier molecular flexibility index (Phi) is 3.29. The van der Waals surface area contributed by atoms with Crippen LogP contribution < -0.4 is 0 Å². The maximum absolute atomic E-state index is 10.4. The second kappa shape index (κ2) is 4.11. The molecule has 1 atom stereocenters. The van der Waals surface area contributed by atoms with Crippen molar-refractivity contribution in [3.05, 3.63) is 11.6 Å². The van der Waals surface area contributed by atoms with Gasteiger partial charge in [-0.3, -0.25) is 4.90 Å². The zero-order chi connectivity index (χ0) is 10.8. The van der Waals surface area contributed by atoms with E-state index < -0.39 is 11.6 Å². The second-order valence-electron chi connectivity index (χ2n) is 4.29. The normalized spacial score (nSPS) is 29.5. The van der Waals surface area contributed by atoms with Crippen LogP contribution in [0.15, 0.2) is 11.6 Å². The van der Waals surface area contributed by atoms with Crippen LogP contribution in [0.1, 0.15) is 20.3 Å². The number of carbonyl (C=O) groups is 1. The zero-order valence-electron chi connectivity index (χ0n) is 8.66. The first kappa shape index (κ1) is 11.2. The predicted octanol–water partition coefficient (Wildman–Crippen LogP) is 0.474. The molecule has 1 aliphatic heterocycles. The van der Waals surface area contributed by atoms with Gasteiger partial charge in [0.2, 0.25) is 0 Å². The molecule has 80 valence electrons. The van der Waals surface area contributed by atoms with Crippen LogP contribution in [0.5, 0.6) is 0 Å². The number of rotatable bonds is 3. The van der Waals surface area contributed by atoms with Crippen LogP contribution >= 0.6 is 0 Å². The van der Waals surface area contributed by atoms with E-state index in [0.717, 1.165) is 18.5 Å². The van der Waals surface area contributed by atoms with E-state index in [1.165, 1.54) is 6.08 Å². The molecular formula is C10H17NO3. The average molecular weight is 199 g/mol. The van der Waals surface area contributed by atoms with Crippen molar-refractivity contribution in [2.75, 3.05) is 19.6 Å². The SMILES string of the molecule is C/C(=C\C(=O)O)CN1CCC(C)(O)C1. The Bertz CT molecular complexity index is 258. The lowest BCUT2D eigenvalue weighted by Gasteiger charge is -2.18. The number of nitrogens with zero attached hydrogens (tertiary/aromatic N) is 1. The molecule has 0 spiro atoms. The lowest BCUT2D eigenvalue weighted by Crippen LogP contribution is -2.30. The molecule has 2 N–H and O–H groups in total. The maximum atomic E-state index is 10.4. The molecule has 1 unspecified atom stereocenters. The Balaban J connectivity index is 2.43. The number of aliphatic hydroxyl groups is 1. The highest BCUT2D eigenvalue weighted by Crippen LogP contribution is 2.20. The molecule has 0 aliphatic carbocycles. The number of likely N-dealkylation sites (tertiary alicyclic amines) is 1. The van der Waals surface area contributed by atoms with Crippen LogP contribution in [0.4, 0.5) is 0 Å². The Hall–Kier alpha value is -0.870. The molecule has 0 saturated carbocycles. The molecule has 4 nitrogen and oxygen atoms in total. The lowest BCUT2D eigenvalue weighted by molar-refractivity contribution is -0.131. The molecule has 0 amide bonds. The van der Waals surface area contributed by atoms with Gasteiger partial charge < -0.3 is 10.2 Å². The summed E-state index contributed by atoms with van der Waals surface area (Å²) in [5.41, 5.74) is 0.207. The molecule has 0 aromatic carbocycles. The number of hydrogen-bond acceptors (Lipinski definition) is 3. The molecule has 14 heavy (non-hydrogen) atoms. The van der Waals surface area contributed by atoms with Gasteiger partial charge in [0.25, 0.3) is 0 Å². The quantitative estimate of drug-likeness (QED) is 0.649. The van der Waals surface area contributed by atoms with E-state index in [0.29, 0.717) is 13.1 Å². The van der Waals surface area contributed by atoms with Gasteiger partial charge in [0.15, 0.2) is 0 Å². The van der Waals surface area contributed by atoms with Crippen LogP contribution in [0.25, 0.3) is 0 Å². The van der Waals surface area contributed by atoms with Gasteiger partial charge in [-0.2, -0.15) is 0 Å². The largest absolute Gasteiger partial charge is 0.478 e. The summed E-state index contributed by atoms with van der Waals surface area (Å²) in [5, 5.41) is 18.2. The van der Waals surface area contributed by atoms with E-state index in [4.69, 9.17) is 5.11 Å². The predicted molar refractivity (Wildman–Crippen MR) is 53.1 cm³/mol. The molecule has 0 radical (unpaired) electrons. The van der Waals surface area contributed by atoms with Crippen molar-refractivity contribution in [2.45, 2.75) is 25.9 Å². The fourth-order valence-electron chi connectivity index (χ4n) is 1.78. The van der Waals surface area contributed by atoms with E-state index in [1.807, 2.05) is 6.92 Å². The summed E-state index contributed by atoms with van der Waals surface area (Å²) in [5.74, 6) is -0.909. The van der Waals surface area contributed by atoms with Crippen molar-refractivity contribution in [1.82, 2.24) is 4.90 Å². The Morgan fingerprint density at radius 1 is 1.64 bits per heavy atom. The van der Waals surface area contributed by atoms with Gasteiger partial charge in [0.1, 0.15) is 0 Å². The van der Waals surface area contributed by atoms with E-state index >= 15 is 0 Å². The third kappa shape index (κ3) is 3.47. The van der Waals surface area contributed by atoms with Crippen LogP contribution in [0.3, 0.4) is 0 Å². The zero-order valence-corrected chi connectivity index (χ0v) is 8.66. The number of carboxylic acids is 1. The van der Waals surface area contributed by atoms with E-state index in [9.17, 15) is 9.90 Å². The summed E-state index contributed by atoms with van der Waals surface area (Å²) in [6.07, 6.45) is 1.97. The molecule has 0 bridgehead atoms.